The van der Waals surface area contributed by atoms with E-state index in [-0.39, 0.29) is 23.3 Å². The molecule has 216 valence electrons. The average Bonchev–Trinajstić information content (AvgIpc) is 3.15. The summed E-state index contributed by atoms with van der Waals surface area (Å²) in [6.07, 6.45) is 3.62. The molecule has 1 unspecified atom stereocenters. The summed E-state index contributed by atoms with van der Waals surface area (Å²) in [4.78, 5) is 40.8. The molecule has 9 heteroatoms. The molecule has 0 aliphatic carbocycles. The Morgan fingerprint density at radius 2 is 1.69 bits per heavy atom. The number of nitrogens with zero attached hydrogens (tertiary/aromatic N) is 2. The molecule has 0 aliphatic heterocycles. The maximum Gasteiger partial charge on any atom is 0.331 e. The number of hydrogen-bond acceptors (Lipinski definition) is 5. The van der Waals surface area contributed by atoms with Gasteiger partial charge in [-0.3, -0.25) is 9.59 Å². The highest BCUT2D eigenvalue weighted by molar-refractivity contribution is 5.93. The fraction of sp³-hybridized carbons (Fsp3) is 0.567. The van der Waals surface area contributed by atoms with E-state index in [9.17, 15) is 19.5 Å². The molecule has 0 saturated heterocycles. The molecule has 0 radical (unpaired) electrons. The number of nitrogens with one attached hydrogen (secondary N) is 2. The molecule has 0 saturated carbocycles. The third-order valence-corrected chi connectivity index (χ3v) is 7.62. The highest BCUT2D eigenvalue weighted by Crippen LogP contribution is 2.35. The number of aliphatic carboxylic acids is 1. The largest absolute Gasteiger partial charge is 0.478 e. The highest BCUT2D eigenvalue weighted by Gasteiger charge is 2.42. The van der Waals surface area contributed by atoms with Gasteiger partial charge in [-0.2, -0.15) is 0 Å². The number of aromatic nitrogens is 1. The van der Waals surface area contributed by atoms with Crippen LogP contribution in [0.15, 0.2) is 36.0 Å². The molecule has 0 spiro atoms. The van der Waals surface area contributed by atoms with E-state index >= 15 is 0 Å². The van der Waals surface area contributed by atoms with Crippen molar-refractivity contribution in [3.8, 4) is 0 Å². The van der Waals surface area contributed by atoms with Crippen LogP contribution in [0.1, 0.15) is 61.0 Å². The maximum absolute atomic E-state index is 13.9. The van der Waals surface area contributed by atoms with Gasteiger partial charge in [-0.05, 0) is 43.0 Å². The van der Waals surface area contributed by atoms with Crippen molar-refractivity contribution in [2.75, 3.05) is 19.8 Å². The number of benzene rings is 1. The summed E-state index contributed by atoms with van der Waals surface area (Å²) in [5.41, 5.74) is 7.56. The standard InChI is InChI=1S/C30H47N5O4/c1-17(2)22(14-18(3)28(38)39)35(11)27(37)25(29(4,5)6)33-26(36)24(32-9)30(7,8)21-16-34(10)23-15-19(31)12-13-20(21)23/h12-17,22,24-25,32H,31H2,1-11H3,(H,33,36)(H,38,39)/b18-14+/t22-,24?,25-/m1/s1. The third-order valence-electron chi connectivity index (χ3n) is 7.62. The first kappa shape index (κ1) is 31.9. The Morgan fingerprint density at radius 3 is 2.18 bits per heavy atom. The van der Waals surface area contributed by atoms with Crippen LogP contribution in [0.2, 0.25) is 0 Å². The van der Waals surface area contributed by atoms with E-state index < -0.39 is 34.9 Å². The molecule has 2 aromatic rings. The topological polar surface area (TPSA) is 130 Å². The molecule has 1 aromatic heterocycles. The van der Waals surface area contributed by atoms with Crippen LogP contribution in [-0.2, 0) is 26.8 Å². The van der Waals surface area contributed by atoms with Gasteiger partial charge in [-0.1, -0.05) is 60.6 Å². The number of anilines is 1. The Morgan fingerprint density at radius 1 is 1.10 bits per heavy atom. The summed E-state index contributed by atoms with van der Waals surface area (Å²) in [5.74, 6) is -1.64. The van der Waals surface area contributed by atoms with E-state index in [2.05, 4.69) is 10.6 Å². The number of nitrogens with two attached hydrogens (primary N) is 1. The fourth-order valence-corrected chi connectivity index (χ4v) is 5.19. The lowest BCUT2D eigenvalue weighted by Crippen LogP contribution is -2.61. The number of carbonyl (C=O) groups excluding carboxylic acids is 2. The lowest BCUT2D eigenvalue weighted by atomic mass is 9.76. The summed E-state index contributed by atoms with van der Waals surface area (Å²) in [6.45, 7) is 15.1. The van der Waals surface area contributed by atoms with Crippen molar-refractivity contribution < 1.29 is 19.5 Å². The molecule has 0 bridgehead atoms. The Balaban J connectivity index is 2.45. The van der Waals surface area contributed by atoms with Crippen LogP contribution in [0, 0.1) is 11.3 Å². The Kier molecular flexibility index (Phi) is 9.66. The summed E-state index contributed by atoms with van der Waals surface area (Å²) in [7, 11) is 5.35. The smallest absolute Gasteiger partial charge is 0.331 e. The molecular weight excluding hydrogens is 494 g/mol. The molecular formula is C30H47N5O4. The monoisotopic (exact) mass is 541 g/mol. The van der Waals surface area contributed by atoms with E-state index in [4.69, 9.17) is 5.73 Å². The second-order valence-electron chi connectivity index (χ2n) is 12.5. The molecule has 1 heterocycles. The van der Waals surface area contributed by atoms with Crippen molar-refractivity contribution in [3.63, 3.8) is 0 Å². The van der Waals surface area contributed by atoms with E-state index in [1.165, 1.54) is 6.92 Å². The number of rotatable bonds is 10. The third kappa shape index (κ3) is 6.82. The second-order valence-corrected chi connectivity index (χ2v) is 12.5. The maximum atomic E-state index is 13.9. The zero-order valence-electron chi connectivity index (χ0n) is 25.3. The highest BCUT2D eigenvalue weighted by atomic mass is 16.4. The number of likely N-dealkylation sites (N-methyl/N-ethyl adjacent to an activating group) is 2. The van der Waals surface area contributed by atoms with Crippen molar-refractivity contribution in [1.29, 1.82) is 0 Å². The van der Waals surface area contributed by atoms with Crippen LogP contribution in [0.5, 0.6) is 0 Å². The van der Waals surface area contributed by atoms with E-state index in [0.717, 1.165) is 16.5 Å². The molecule has 2 rings (SSSR count). The van der Waals surface area contributed by atoms with Crippen LogP contribution in [0.3, 0.4) is 0 Å². The van der Waals surface area contributed by atoms with Gasteiger partial charge in [0.15, 0.2) is 0 Å². The molecule has 5 N–H and O–H groups in total. The average molecular weight is 542 g/mol. The number of nitrogen functional groups attached to an aromatic ring is 1. The number of carbonyl (C=O) groups is 3. The van der Waals surface area contributed by atoms with Crippen molar-refractivity contribution in [1.82, 2.24) is 20.1 Å². The van der Waals surface area contributed by atoms with Crippen LogP contribution >= 0.6 is 0 Å². The lowest BCUT2D eigenvalue weighted by Gasteiger charge is -2.39. The minimum absolute atomic E-state index is 0.0334. The number of amides is 2. The fourth-order valence-electron chi connectivity index (χ4n) is 5.19. The molecule has 0 fully saturated rings. The summed E-state index contributed by atoms with van der Waals surface area (Å²) in [6, 6.07) is 3.80. The number of carboxylic acid groups (broad SMARTS) is 1. The predicted octanol–water partition coefficient (Wildman–Crippen LogP) is 3.67. The predicted molar refractivity (Wildman–Crippen MR) is 157 cm³/mol. The summed E-state index contributed by atoms with van der Waals surface area (Å²) < 4.78 is 2.00. The minimum Gasteiger partial charge on any atom is -0.478 e. The number of hydrogen-bond donors (Lipinski definition) is 4. The second kappa shape index (κ2) is 11.8. The van der Waals surface area contributed by atoms with Crippen LogP contribution < -0.4 is 16.4 Å². The van der Waals surface area contributed by atoms with Crippen molar-refractivity contribution in [2.45, 2.75) is 78.9 Å². The van der Waals surface area contributed by atoms with Gasteiger partial charge >= 0.3 is 5.97 Å². The van der Waals surface area contributed by atoms with Crippen LogP contribution in [0.4, 0.5) is 5.69 Å². The van der Waals surface area contributed by atoms with Gasteiger partial charge in [0.25, 0.3) is 0 Å². The first-order valence-corrected chi connectivity index (χ1v) is 13.4. The Labute approximate surface area is 232 Å². The molecule has 3 atom stereocenters. The van der Waals surface area contributed by atoms with Crippen LogP contribution in [0.25, 0.3) is 10.9 Å². The normalized spacial score (nSPS) is 15.2. The molecule has 9 nitrogen and oxygen atoms in total. The Bertz CT molecular complexity index is 1250. The van der Waals surface area contributed by atoms with Gasteiger partial charge in [0.2, 0.25) is 11.8 Å². The number of fused-ring (bicyclic) bond motifs is 1. The van der Waals surface area contributed by atoms with E-state index in [0.29, 0.717) is 5.69 Å². The van der Waals surface area contributed by atoms with Crippen molar-refractivity contribution in [2.24, 2.45) is 18.4 Å². The first-order chi connectivity index (χ1) is 17.8. The van der Waals surface area contributed by atoms with Gasteiger partial charge < -0.3 is 30.9 Å². The van der Waals surface area contributed by atoms with Crippen molar-refractivity contribution >= 4 is 34.4 Å². The summed E-state index contributed by atoms with van der Waals surface area (Å²) in [5, 5.41) is 16.6. The lowest BCUT2D eigenvalue weighted by molar-refractivity contribution is -0.141. The van der Waals surface area contributed by atoms with Crippen LogP contribution in [-0.4, -0.2) is 64.6 Å². The van der Waals surface area contributed by atoms with Crippen molar-refractivity contribution in [3.05, 3.63) is 41.6 Å². The Hall–Kier alpha value is -3.33. The molecule has 2 amide bonds. The van der Waals surface area contributed by atoms with E-state index in [1.807, 2.05) is 84.5 Å². The van der Waals surface area contributed by atoms with E-state index in [1.54, 1.807) is 25.1 Å². The SMILES string of the molecule is CNC(C(=O)N[C@H](C(=O)N(C)[C@H](/C=C(\C)C(=O)O)C(C)C)C(C)(C)C)C(C)(C)c1cn(C)c2cc(N)ccc12. The quantitative estimate of drug-likeness (QED) is 0.268. The van der Waals surface area contributed by atoms with Gasteiger partial charge in [-0.15, -0.1) is 0 Å². The van der Waals surface area contributed by atoms with Gasteiger partial charge in [0, 0.05) is 42.4 Å². The van der Waals surface area contributed by atoms with Gasteiger partial charge in [-0.25, -0.2) is 4.79 Å². The zero-order chi connectivity index (χ0) is 30.0. The minimum atomic E-state index is -1.03. The molecule has 0 aliphatic rings. The summed E-state index contributed by atoms with van der Waals surface area (Å²) >= 11 is 0. The first-order valence-electron chi connectivity index (χ1n) is 13.4. The molecule has 1 aromatic carbocycles. The van der Waals surface area contributed by atoms with Gasteiger partial charge in [0.05, 0.1) is 17.6 Å². The zero-order valence-corrected chi connectivity index (χ0v) is 25.3. The number of aryl methyl sites for hydroxylation is 1. The van der Waals surface area contributed by atoms with Gasteiger partial charge in [0.1, 0.15) is 6.04 Å². The number of carboxylic acids is 1. The molecule has 39 heavy (non-hydrogen) atoms.